The van der Waals surface area contributed by atoms with E-state index in [2.05, 4.69) is 22.4 Å². The molecule has 4 nitrogen and oxygen atoms in total. The van der Waals surface area contributed by atoms with Gasteiger partial charge in [-0.15, -0.1) is 0 Å². The number of rotatable bonds is 5. The zero-order chi connectivity index (χ0) is 16.9. The number of aromatic nitrogens is 1. The first kappa shape index (κ1) is 16.5. The molecule has 1 aromatic carbocycles. The first-order valence-electron chi connectivity index (χ1n) is 8.62. The fourth-order valence-corrected chi connectivity index (χ4v) is 3.15. The molecule has 0 bridgehead atoms. The fourth-order valence-electron chi connectivity index (χ4n) is 3.15. The Morgan fingerprint density at radius 3 is 2.38 bits per heavy atom. The van der Waals surface area contributed by atoms with Crippen LogP contribution in [0.4, 0.5) is 0 Å². The first-order chi connectivity index (χ1) is 11.6. The van der Waals surface area contributed by atoms with Crippen LogP contribution in [0.3, 0.4) is 0 Å². The maximum absolute atomic E-state index is 11.1. The molecule has 1 atom stereocenters. The Balaban J connectivity index is 1.66. The highest BCUT2D eigenvalue weighted by atomic mass is 16.5. The van der Waals surface area contributed by atoms with Crippen LogP contribution in [0.1, 0.15) is 51.1 Å². The maximum atomic E-state index is 11.1. The summed E-state index contributed by atoms with van der Waals surface area (Å²) < 4.78 is 5.90. The first-order valence-corrected chi connectivity index (χ1v) is 8.62. The number of nitrogens with zero attached hydrogens (tertiary/aromatic N) is 1. The molecular weight excluding hydrogens is 300 g/mol. The van der Waals surface area contributed by atoms with Crippen LogP contribution in [0.5, 0.6) is 5.88 Å². The summed E-state index contributed by atoms with van der Waals surface area (Å²) in [7, 11) is 0. The van der Waals surface area contributed by atoms with Gasteiger partial charge >= 0.3 is 0 Å². The van der Waals surface area contributed by atoms with Crippen molar-refractivity contribution in [2.75, 3.05) is 0 Å². The molecule has 1 aliphatic rings. The third kappa shape index (κ3) is 4.13. The second-order valence-corrected chi connectivity index (χ2v) is 6.45. The topological polar surface area (TPSA) is 51.2 Å². The van der Waals surface area contributed by atoms with Gasteiger partial charge in [-0.1, -0.05) is 24.3 Å². The van der Waals surface area contributed by atoms with E-state index in [0.29, 0.717) is 12.0 Å². The lowest BCUT2D eigenvalue weighted by Crippen LogP contribution is -2.23. The van der Waals surface area contributed by atoms with E-state index < -0.39 is 0 Å². The Morgan fingerprint density at radius 1 is 1.12 bits per heavy atom. The van der Waals surface area contributed by atoms with Gasteiger partial charge < -0.3 is 10.1 Å². The lowest BCUT2D eigenvalue weighted by molar-refractivity contribution is -0.119. The molecule has 1 saturated carbocycles. The number of carbonyl (C=O) groups is 1. The number of amides is 1. The zero-order valence-electron chi connectivity index (χ0n) is 14.3. The molecule has 1 N–H and O–H groups in total. The van der Waals surface area contributed by atoms with Gasteiger partial charge in [-0.05, 0) is 49.8 Å². The van der Waals surface area contributed by atoms with Gasteiger partial charge in [0.1, 0.15) is 6.10 Å². The van der Waals surface area contributed by atoms with Gasteiger partial charge in [0.05, 0.1) is 6.04 Å². The molecule has 0 radical (unpaired) electrons. The van der Waals surface area contributed by atoms with E-state index in [1.807, 2.05) is 37.4 Å². The molecule has 1 unspecified atom stereocenters. The second kappa shape index (κ2) is 7.47. The van der Waals surface area contributed by atoms with Crippen LogP contribution >= 0.6 is 0 Å². The van der Waals surface area contributed by atoms with Crippen LogP contribution in [0.2, 0.25) is 0 Å². The minimum atomic E-state index is -0.0198. The quantitative estimate of drug-likeness (QED) is 0.893. The molecule has 126 valence electrons. The van der Waals surface area contributed by atoms with Crippen molar-refractivity contribution in [3.63, 3.8) is 0 Å². The minimum absolute atomic E-state index is 0.0110. The van der Waals surface area contributed by atoms with E-state index in [0.717, 1.165) is 29.5 Å². The number of nitrogens with one attached hydrogen (secondary N) is 1. The van der Waals surface area contributed by atoms with Crippen LogP contribution in [-0.4, -0.2) is 17.0 Å². The number of benzene rings is 1. The lowest BCUT2D eigenvalue weighted by Gasteiger charge is -2.14. The van der Waals surface area contributed by atoms with E-state index in [9.17, 15) is 4.79 Å². The number of hydrogen-bond acceptors (Lipinski definition) is 3. The van der Waals surface area contributed by atoms with Gasteiger partial charge in [-0.2, -0.15) is 0 Å². The molecule has 24 heavy (non-hydrogen) atoms. The standard InChI is InChI=1S/C20H24N2O2/c1-14(22-15(2)23)16-7-9-17(10-8-16)18-11-12-20(21-13-18)24-19-5-3-4-6-19/h7-14,19H,3-6H2,1-2H3,(H,22,23). The van der Waals surface area contributed by atoms with Crippen molar-refractivity contribution >= 4 is 5.91 Å². The monoisotopic (exact) mass is 324 g/mol. The number of ether oxygens (including phenoxy) is 1. The highest BCUT2D eigenvalue weighted by Gasteiger charge is 2.16. The molecule has 1 fully saturated rings. The van der Waals surface area contributed by atoms with Crippen LogP contribution in [0, 0.1) is 0 Å². The highest BCUT2D eigenvalue weighted by molar-refractivity contribution is 5.73. The highest BCUT2D eigenvalue weighted by Crippen LogP contribution is 2.25. The smallest absolute Gasteiger partial charge is 0.217 e. The summed E-state index contributed by atoms with van der Waals surface area (Å²) in [5.41, 5.74) is 3.25. The molecule has 1 aromatic heterocycles. The molecule has 1 aliphatic carbocycles. The molecule has 2 aromatic rings. The molecule has 4 heteroatoms. The molecule has 3 rings (SSSR count). The number of pyridine rings is 1. The zero-order valence-corrected chi connectivity index (χ0v) is 14.3. The van der Waals surface area contributed by atoms with Crippen LogP contribution < -0.4 is 10.1 Å². The molecule has 0 saturated heterocycles. The van der Waals surface area contributed by atoms with Crippen molar-refractivity contribution in [3.05, 3.63) is 48.2 Å². The van der Waals surface area contributed by atoms with Crippen molar-refractivity contribution in [1.29, 1.82) is 0 Å². The third-order valence-electron chi connectivity index (χ3n) is 4.49. The van der Waals surface area contributed by atoms with Crippen LogP contribution in [0.25, 0.3) is 11.1 Å². The Morgan fingerprint density at radius 2 is 1.79 bits per heavy atom. The summed E-state index contributed by atoms with van der Waals surface area (Å²) >= 11 is 0. The van der Waals surface area contributed by atoms with Gasteiger partial charge in [-0.3, -0.25) is 4.79 Å². The van der Waals surface area contributed by atoms with Crippen LogP contribution in [0.15, 0.2) is 42.6 Å². The summed E-state index contributed by atoms with van der Waals surface area (Å²) in [4.78, 5) is 15.6. The Labute approximate surface area is 143 Å². The SMILES string of the molecule is CC(=O)NC(C)c1ccc(-c2ccc(OC3CCCC3)nc2)cc1. The van der Waals surface area contributed by atoms with E-state index in [4.69, 9.17) is 4.74 Å². The van der Waals surface area contributed by atoms with Gasteiger partial charge in [0.25, 0.3) is 0 Å². The summed E-state index contributed by atoms with van der Waals surface area (Å²) in [5, 5.41) is 2.89. The van der Waals surface area contributed by atoms with Crippen molar-refractivity contribution in [3.8, 4) is 17.0 Å². The average molecular weight is 324 g/mol. The van der Waals surface area contributed by atoms with Crippen molar-refractivity contribution in [2.24, 2.45) is 0 Å². The predicted molar refractivity (Wildman–Crippen MR) is 94.8 cm³/mol. The molecule has 1 amide bonds. The Hall–Kier alpha value is -2.36. The van der Waals surface area contributed by atoms with Gasteiger partial charge in [-0.25, -0.2) is 4.98 Å². The number of carbonyl (C=O) groups excluding carboxylic acids is 1. The third-order valence-corrected chi connectivity index (χ3v) is 4.49. The van der Waals surface area contributed by atoms with Crippen LogP contribution in [-0.2, 0) is 4.79 Å². The molecule has 0 spiro atoms. The Bertz CT molecular complexity index is 674. The predicted octanol–water partition coefficient (Wildman–Crippen LogP) is 4.27. The maximum Gasteiger partial charge on any atom is 0.217 e. The summed E-state index contributed by atoms with van der Waals surface area (Å²) in [6.45, 7) is 3.51. The van der Waals surface area contributed by atoms with Gasteiger partial charge in [0.2, 0.25) is 11.8 Å². The average Bonchev–Trinajstić information content (AvgIpc) is 3.08. The Kier molecular flexibility index (Phi) is 5.14. The van der Waals surface area contributed by atoms with Crippen molar-refractivity contribution in [2.45, 2.75) is 51.7 Å². The number of hydrogen-bond donors (Lipinski definition) is 1. The molecule has 0 aliphatic heterocycles. The summed E-state index contributed by atoms with van der Waals surface area (Å²) in [5.74, 6) is 0.690. The van der Waals surface area contributed by atoms with Crippen molar-refractivity contribution in [1.82, 2.24) is 10.3 Å². The largest absolute Gasteiger partial charge is 0.474 e. The lowest BCUT2D eigenvalue weighted by atomic mass is 10.0. The van der Waals surface area contributed by atoms with E-state index in [1.54, 1.807) is 0 Å². The molecular formula is C20H24N2O2. The molecule has 1 heterocycles. The second-order valence-electron chi connectivity index (χ2n) is 6.45. The van der Waals surface area contributed by atoms with Gasteiger partial charge in [0, 0.05) is 24.8 Å². The van der Waals surface area contributed by atoms with E-state index in [-0.39, 0.29) is 11.9 Å². The summed E-state index contributed by atoms with van der Waals surface area (Å²) in [6.07, 6.45) is 6.97. The van der Waals surface area contributed by atoms with Crippen molar-refractivity contribution < 1.29 is 9.53 Å². The fraction of sp³-hybridized carbons (Fsp3) is 0.400. The normalized spacial score (nSPS) is 15.9. The van der Waals surface area contributed by atoms with E-state index in [1.165, 1.54) is 19.8 Å². The van der Waals surface area contributed by atoms with E-state index >= 15 is 0 Å². The minimum Gasteiger partial charge on any atom is -0.474 e. The van der Waals surface area contributed by atoms with Gasteiger partial charge in [0.15, 0.2) is 0 Å². The summed E-state index contributed by atoms with van der Waals surface area (Å²) in [6, 6.07) is 12.2.